The number of nitrogens with one attached hydrogen (secondary N) is 1. The minimum Gasteiger partial charge on any atom is -0.490 e. The largest absolute Gasteiger partial charge is 0.490 e. The molecule has 6 nitrogen and oxygen atoms in total. The molecule has 3 unspecified atom stereocenters. The zero-order chi connectivity index (χ0) is 16.2. The molecule has 23 heavy (non-hydrogen) atoms. The van der Waals surface area contributed by atoms with Crippen molar-refractivity contribution in [2.45, 2.75) is 38.9 Å². The monoisotopic (exact) mass is 319 g/mol. The van der Waals surface area contributed by atoms with Crippen molar-refractivity contribution >= 4 is 11.6 Å². The Balaban J connectivity index is 1.60. The molecule has 2 aliphatic rings. The van der Waals surface area contributed by atoms with Gasteiger partial charge in [0.05, 0.1) is 25.4 Å². The Bertz CT molecular complexity index is 576. The van der Waals surface area contributed by atoms with E-state index in [-0.39, 0.29) is 6.10 Å². The lowest BCUT2D eigenvalue weighted by Gasteiger charge is -2.13. The lowest BCUT2D eigenvalue weighted by atomic mass is 10.0. The summed E-state index contributed by atoms with van der Waals surface area (Å²) >= 11 is 0. The predicted octanol–water partition coefficient (Wildman–Crippen LogP) is 2.39. The molecule has 3 atom stereocenters. The molecular weight excluding hydrogens is 294 g/mol. The van der Waals surface area contributed by atoms with Gasteiger partial charge in [-0.15, -0.1) is 0 Å². The van der Waals surface area contributed by atoms with Crippen molar-refractivity contribution in [2.75, 3.05) is 25.1 Å². The number of benzene rings is 1. The Morgan fingerprint density at radius 1 is 1.26 bits per heavy atom. The van der Waals surface area contributed by atoms with Crippen LogP contribution >= 0.6 is 0 Å². The number of fused-ring (bicyclic) bond motifs is 1. The lowest BCUT2D eigenvalue weighted by molar-refractivity contribution is 0.0570. The molecule has 1 fully saturated rings. The van der Waals surface area contributed by atoms with Crippen LogP contribution in [0.3, 0.4) is 0 Å². The van der Waals surface area contributed by atoms with E-state index in [1.54, 1.807) is 0 Å². The van der Waals surface area contributed by atoms with E-state index < -0.39 is 0 Å². The molecule has 0 aliphatic carbocycles. The minimum absolute atomic E-state index is 0.236. The van der Waals surface area contributed by atoms with Gasteiger partial charge in [0.15, 0.2) is 17.5 Å². The summed E-state index contributed by atoms with van der Waals surface area (Å²) in [5.41, 5.74) is 6.84. The van der Waals surface area contributed by atoms with Crippen molar-refractivity contribution in [1.82, 2.24) is 0 Å². The van der Waals surface area contributed by atoms with E-state index in [4.69, 9.17) is 19.9 Å². The highest BCUT2D eigenvalue weighted by atomic mass is 16.5. The van der Waals surface area contributed by atoms with Crippen molar-refractivity contribution in [2.24, 2.45) is 16.6 Å². The Labute approximate surface area is 137 Å². The van der Waals surface area contributed by atoms with Crippen LogP contribution in [0, 0.1) is 5.92 Å². The third-order valence-corrected chi connectivity index (χ3v) is 4.26. The van der Waals surface area contributed by atoms with Gasteiger partial charge in [0.2, 0.25) is 0 Å². The Morgan fingerprint density at radius 3 is 2.78 bits per heavy atom. The molecule has 0 bridgehead atoms. The summed E-state index contributed by atoms with van der Waals surface area (Å²) in [5, 5.41) is 3.11. The maximum Gasteiger partial charge on any atom is 0.193 e. The molecule has 126 valence electrons. The fraction of sp³-hybridized carbons (Fsp3) is 0.588. The molecule has 1 aromatic rings. The average Bonchev–Trinajstić information content (AvgIpc) is 2.72. The molecule has 3 rings (SSSR count). The van der Waals surface area contributed by atoms with Gasteiger partial charge < -0.3 is 25.3 Å². The van der Waals surface area contributed by atoms with Crippen LogP contribution in [-0.2, 0) is 4.74 Å². The first-order chi connectivity index (χ1) is 11.1. The summed E-state index contributed by atoms with van der Waals surface area (Å²) in [6.07, 6.45) is 2.46. The van der Waals surface area contributed by atoms with Crippen LogP contribution in [-0.4, -0.2) is 37.9 Å². The van der Waals surface area contributed by atoms with Crippen LogP contribution in [0.2, 0.25) is 0 Å². The van der Waals surface area contributed by atoms with Gasteiger partial charge in [-0.2, -0.15) is 0 Å². The molecule has 0 radical (unpaired) electrons. The zero-order valence-corrected chi connectivity index (χ0v) is 13.7. The fourth-order valence-electron chi connectivity index (χ4n) is 3.02. The third kappa shape index (κ3) is 4.07. The second kappa shape index (κ2) is 7.08. The highest BCUT2D eigenvalue weighted by Gasteiger charge is 2.29. The van der Waals surface area contributed by atoms with Crippen LogP contribution in [0.5, 0.6) is 11.5 Å². The predicted molar refractivity (Wildman–Crippen MR) is 90.3 cm³/mol. The van der Waals surface area contributed by atoms with E-state index in [1.165, 1.54) is 0 Å². The summed E-state index contributed by atoms with van der Waals surface area (Å²) in [6.45, 7) is 6.22. The number of anilines is 1. The molecule has 0 aromatic heterocycles. The highest BCUT2D eigenvalue weighted by molar-refractivity contribution is 5.92. The van der Waals surface area contributed by atoms with Gasteiger partial charge in [0.25, 0.3) is 0 Å². The number of aliphatic imine (C=N–C) groups is 1. The Morgan fingerprint density at radius 2 is 2.04 bits per heavy atom. The molecule has 0 amide bonds. The molecule has 1 saturated heterocycles. The zero-order valence-electron chi connectivity index (χ0n) is 13.7. The van der Waals surface area contributed by atoms with Crippen LogP contribution in [0.25, 0.3) is 0 Å². The summed E-state index contributed by atoms with van der Waals surface area (Å²) in [6, 6.07) is 5.70. The average molecular weight is 319 g/mol. The fourth-order valence-corrected chi connectivity index (χ4v) is 3.02. The number of hydrogen-bond donors (Lipinski definition) is 2. The number of nitrogens with zero attached hydrogens (tertiary/aromatic N) is 1. The van der Waals surface area contributed by atoms with Gasteiger partial charge in [0.1, 0.15) is 0 Å². The molecule has 0 spiro atoms. The first-order valence-corrected chi connectivity index (χ1v) is 8.24. The summed E-state index contributed by atoms with van der Waals surface area (Å²) in [5.74, 6) is 2.35. The molecule has 2 heterocycles. The quantitative estimate of drug-likeness (QED) is 0.661. The standard InChI is InChI=1S/C17H25N3O3/c1-11-8-13(12(2)23-11)10-19-17(18)20-14-4-5-15-16(9-14)22-7-3-6-21-15/h4-5,9,11-13H,3,6-8,10H2,1-2H3,(H3,18,19,20). The SMILES string of the molecule is CC1CC(CN=C(N)Nc2ccc3c(c2)OCCCO3)C(C)O1. The highest BCUT2D eigenvalue weighted by Crippen LogP contribution is 2.32. The van der Waals surface area contributed by atoms with Crippen molar-refractivity contribution in [1.29, 1.82) is 0 Å². The van der Waals surface area contributed by atoms with Gasteiger partial charge in [-0.05, 0) is 32.4 Å². The maximum atomic E-state index is 6.00. The lowest BCUT2D eigenvalue weighted by Crippen LogP contribution is -2.25. The van der Waals surface area contributed by atoms with Gasteiger partial charge in [-0.1, -0.05) is 0 Å². The van der Waals surface area contributed by atoms with E-state index in [2.05, 4.69) is 24.2 Å². The van der Waals surface area contributed by atoms with E-state index in [1.807, 2.05) is 18.2 Å². The van der Waals surface area contributed by atoms with Gasteiger partial charge >= 0.3 is 0 Å². The first-order valence-electron chi connectivity index (χ1n) is 8.24. The molecule has 1 aromatic carbocycles. The smallest absolute Gasteiger partial charge is 0.193 e. The summed E-state index contributed by atoms with van der Waals surface area (Å²) in [4.78, 5) is 4.45. The number of guanidine groups is 1. The Hall–Kier alpha value is -1.95. The van der Waals surface area contributed by atoms with Crippen molar-refractivity contribution in [3.63, 3.8) is 0 Å². The number of nitrogens with two attached hydrogens (primary N) is 1. The third-order valence-electron chi connectivity index (χ3n) is 4.26. The van der Waals surface area contributed by atoms with E-state index in [9.17, 15) is 0 Å². The van der Waals surface area contributed by atoms with Gasteiger partial charge in [-0.3, -0.25) is 4.99 Å². The van der Waals surface area contributed by atoms with Crippen molar-refractivity contribution in [3.8, 4) is 11.5 Å². The normalized spacial score (nSPS) is 27.6. The second-order valence-electron chi connectivity index (χ2n) is 6.21. The van der Waals surface area contributed by atoms with Gasteiger partial charge in [0, 0.05) is 30.6 Å². The van der Waals surface area contributed by atoms with Crippen molar-refractivity contribution < 1.29 is 14.2 Å². The topological polar surface area (TPSA) is 78.1 Å². The van der Waals surface area contributed by atoms with Crippen LogP contribution in [0.15, 0.2) is 23.2 Å². The summed E-state index contributed by atoms with van der Waals surface area (Å²) in [7, 11) is 0. The maximum absolute atomic E-state index is 6.00. The van der Waals surface area contributed by atoms with E-state index >= 15 is 0 Å². The molecule has 6 heteroatoms. The molecule has 2 aliphatic heterocycles. The Kier molecular flexibility index (Phi) is 4.91. The number of rotatable bonds is 3. The van der Waals surface area contributed by atoms with Gasteiger partial charge in [-0.25, -0.2) is 0 Å². The van der Waals surface area contributed by atoms with Crippen LogP contribution < -0.4 is 20.5 Å². The number of ether oxygens (including phenoxy) is 3. The van der Waals surface area contributed by atoms with E-state index in [0.717, 1.165) is 30.0 Å². The first kappa shape index (κ1) is 15.9. The minimum atomic E-state index is 0.236. The number of hydrogen-bond acceptors (Lipinski definition) is 4. The second-order valence-corrected chi connectivity index (χ2v) is 6.21. The molecule has 0 saturated carbocycles. The van der Waals surface area contributed by atoms with Crippen LogP contribution in [0.1, 0.15) is 26.7 Å². The molecular formula is C17H25N3O3. The van der Waals surface area contributed by atoms with E-state index in [0.29, 0.717) is 37.7 Å². The molecule has 3 N–H and O–H groups in total. The van der Waals surface area contributed by atoms with Crippen LogP contribution in [0.4, 0.5) is 5.69 Å². The van der Waals surface area contributed by atoms with Crippen molar-refractivity contribution in [3.05, 3.63) is 18.2 Å². The summed E-state index contributed by atoms with van der Waals surface area (Å²) < 4.78 is 17.0.